The summed E-state index contributed by atoms with van der Waals surface area (Å²) in [5.74, 6) is -3.51. The van der Waals surface area contributed by atoms with E-state index in [-0.39, 0.29) is 22.1 Å². The lowest BCUT2D eigenvalue weighted by Gasteiger charge is -2.14. The molecule has 49 heavy (non-hydrogen) atoms. The summed E-state index contributed by atoms with van der Waals surface area (Å²) in [4.78, 5) is 14.5. The van der Waals surface area contributed by atoms with E-state index < -0.39 is 53.3 Å². The van der Waals surface area contributed by atoms with Crippen LogP contribution in [0, 0.1) is 17.5 Å². The van der Waals surface area contributed by atoms with Crippen molar-refractivity contribution >= 4 is 48.5 Å². The highest BCUT2D eigenvalue weighted by Gasteiger charge is 2.29. The van der Waals surface area contributed by atoms with Crippen molar-refractivity contribution in [3.05, 3.63) is 107 Å². The fraction of sp³-hybridized carbons (Fsp3) is 0.182. The minimum atomic E-state index is -4.85. The molecule has 2 heterocycles. The van der Waals surface area contributed by atoms with Crippen LogP contribution in [0.15, 0.2) is 94.3 Å². The van der Waals surface area contributed by atoms with Gasteiger partial charge in [0.2, 0.25) is 15.8 Å². The predicted octanol–water partition coefficient (Wildman–Crippen LogP) is 7.33. The SMILES string of the molecule is CN(C)/C=C/S(=O)(=O)c1ccc(Nc2nccc(-c3sc(C(C)(C)C)nc3-c3cccc(NS(=O)(=O)c4c(F)cccc4F)c3F)n2)cc1. The smallest absolute Gasteiger partial charge is 0.267 e. The van der Waals surface area contributed by atoms with E-state index in [1.165, 1.54) is 48.0 Å². The van der Waals surface area contributed by atoms with Crippen LogP contribution in [0.3, 0.4) is 0 Å². The molecule has 0 atom stereocenters. The average Bonchev–Trinajstić information content (AvgIpc) is 3.48. The zero-order valence-electron chi connectivity index (χ0n) is 26.9. The summed E-state index contributed by atoms with van der Waals surface area (Å²) in [6.07, 6.45) is 2.92. The average molecular weight is 729 g/mol. The molecule has 5 aromatic rings. The summed E-state index contributed by atoms with van der Waals surface area (Å²) in [5.41, 5.74) is -0.0470. The fourth-order valence-corrected chi connectivity index (χ4v) is 7.79. The molecule has 16 heteroatoms. The van der Waals surface area contributed by atoms with Gasteiger partial charge in [-0.1, -0.05) is 32.9 Å². The van der Waals surface area contributed by atoms with Gasteiger partial charge < -0.3 is 10.2 Å². The maximum absolute atomic E-state index is 16.1. The molecule has 2 aromatic heterocycles. The van der Waals surface area contributed by atoms with Crippen LogP contribution in [-0.2, 0) is 25.3 Å². The number of hydrogen-bond acceptors (Lipinski definition) is 10. The maximum Gasteiger partial charge on any atom is 0.267 e. The number of aromatic nitrogens is 3. The van der Waals surface area contributed by atoms with E-state index in [1.54, 1.807) is 37.2 Å². The van der Waals surface area contributed by atoms with Crippen molar-refractivity contribution in [3.63, 3.8) is 0 Å². The first-order valence-corrected chi connectivity index (χ1v) is 18.4. The van der Waals surface area contributed by atoms with Gasteiger partial charge >= 0.3 is 0 Å². The molecule has 0 aliphatic rings. The highest BCUT2D eigenvalue weighted by atomic mass is 32.2. The second kappa shape index (κ2) is 13.6. The van der Waals surface area contributed by atoms with Gasteiger partial charge in [0.15, 0.2) is 10.7 Å². The zero-order valence-corrected chi connectivity index (χ0v) is 29.3. The molecule has 0 aliphatic carbocycles. The lowest BCUT2D eigenvalue weighted by Crippen LogP contribution is -2.17. The number of anilines is 3. The molecule has 5 rings (SSSR count). The van der Waals surface area contributed by atoms with Gasteiger partial charge in [0.05, 0.1) is 37.3 Å². The third kappa shape index (κ3) is 7.92. The van der Waals surface area contributed by atoms with E-state index >= 15 is 4.39 Å². The quantitative estimate of drug-likeness (QED) is 0.152. The van der Waals surface area contributed by atoms with Crippen LogP contribution in [0.5, 0.6) is 0 Å². The Morgan fingerprint density at radius 1 is 0.857 bits per heavy atom. The monoisotopic (exact) mass is 728 g/mol. The van der Waals surface area contributed by atoms with Crippen molar-refractivity contribution in [2.24, 2.45) is 0 Å². The maximum atomic E-state index is 16.1. The van der Waals surface area contributed by atoms with Gasteiger partial charge in [-0.25, -0.2) is 45.0 Å². The molecule has 0 bridgehead atoms. The van der Waals surface area contributed by atoms with E-state index in [2.05, 4.69) is 15.3 Å². The van der Waals surface area contributed by atoms with E-state index in [0.29, 0.717) is 21.3 Å². The summed E-state index contributed by atoms with van der Waals surface area (Å²) in [5, 5.41) is 4.78. The van der Waals surface area contributed by atoms with Crippen molar-refractivity contribution in [2.45, 2.75) is 36.0 Å². The largest absolute Gasteiger partial charge is 0.383 e. The standard InChI is InChI=1S/C33H31F3N6O4S3/c1-33(2,3)31-40-28(22-8-6-11-25(27(22)36)41-49(45,46)30-23(34)9-7-10-24(30)35)29(47-31)26-16-17-37-32(39-26)38-20-12-14-21(15-13-20)48(43,44)19-18-42(4)5/h6-19,41H,1-5H3,(H,37,38,39)/b19-18+. The van der Waals surface area contributed by atoms with Crippen molar-refractivity contribution in [1.29, 1.82) is 0 Å². The zero-order chi connectivity index (χ0) is 35.7. The van der Waals surface area contributed by atoms with Crippen LogP contribution in [0.1, 0.15) is 25.8 Å². The molecule has 0 unspecified atom stereocenters. The Bertz CT molecular complexity index is 2250. The van der Waals surface area contributed by atoms with Crippen molar-refractivity contribution < 1.29 is 30.0 Å². The molecule has 0 saturated carbocycles. The first-order chi connectivity index (χ1) is 23.0. The molecule has 0 fully saturated rings. The van der Waals surface area contributed by atoms with Crippen LogP contribution in [0.2, 0.25) is 0 Å². The number of benzene rings is 3. The second-order valence-corrected chi connectivity index (χ2v) is 16.4. The fourth-order valence-electron chi connectivity index (χ4n) is 4.41. The number of nitrogens with zero attached hydrogens (tertiary/aromatic N) is 4. The molecular formula is C33H31F3N6O4S3. The normalized spacial score (nSPS) is 12.3. The Balaban J connectivity index is 1.51. The molecule has 0 spiro atoms. The Hall–Kier alpha value is -4.80. The summed E-state index contributed by atoms with van der Waals surface area (Å²) < 4.78 is 97.8. The van der Waals surface area contributed by atoms with Gasteiger partial charge in [0, 0.05) is 43.2 Å². The van der Waals surface area contributed by atoms with Crippen LogP contribution in [-0.4, -0.2) is 50.8 Å². The molecule has 10 nitrogen and oxygen atoms in total. The minimum absolute atomic E-state index is 0.0795. The molecule has 0 amide bonds. The van der Waals surface area contributed by atoms with Gasteiger partial charge in [-0.15, -0.1) is 11.3 Å². The number of nitrogens with one attached hydrogen (secondary N) is 2. The molecule has 0 saturated heterocycles. The van der Waals surface area contributed by atoms with E-state index in [9.17, 15) is 25.6 Å². The molecule has 0 radical (unpaired) electrons. The van der Waals surface area contributed by atoms with Crippen LogP contribution in [0.4, 0.5) is 30.5 Å². The Morgan fingerprint density at radius 2 is 1.51 bits per heavy atom. The summed E-state index contributed by atoms with van der Waals surface area (Å²) in [6, 6.07) is 14.2. The first-order valence-electron chi connectivity index (χ1n) is 14.5. The number of thiazole rings is 1. The number of halogens is 3. The Labute approximate surface area is 286 Å². The molecule has 3 aromatic carbocycles. The highest BCUT2D eigenvalue weighted by molar-refractivity contribution is 7.94. The van der Waals surface area contributed by atoms with E-state index in [0.717, 1.165) is 29.7 Å². The van der Waals surface area contributed by atoms with Gasteiger partial charge in [0.1, 0.15) is 11.6 Å². The number of rotatable bonds is 10. The van der Waals surface area contributed by atoms with Crippen molar-refractivity contribution in [1.82, 2.24) is 19.9 Å². The second-order valence-electron chi connectivity index (χ2n) is 12.0. The van der Waals surface area contributed by atoms with Crippen LogP contribution < -0.4 is 10.0 Å². The first kappa shape index (κ1) is 35.5. The molecule has 256 valence electrons. The molecule has 2 N–H and O–H groups in total. The van der Waals surface area contributed by atoms with Crippen LogP contribution >= 0.6 is 11.3 Å². The summed E-state index contributed by atoms with van der Waals surface area (Å²) in [6.45, 7) is 5.78. The molecule has 0 aliphatic heterocycles. The van der Waals surface area contributed by atoms with Gasteiger partial charge in [0.25, 0.3) is 10.0 Å². The predicted molar refractivity (Wildman–Crippen MR) is 184 cm³/mol. The third-order valence-electron chi connectivity index (χ3n) is 6.82. The van der Waals surface area contributed by atoms with E-state index in [1.807, 2.05) is 25.5 Å². The lowest BCUT2D eigenvalue weighted by atomic mass is 9.98. The Kier molecular flexibility index (Phi) is 9.86. The van der Waals surface area contributed by atoms with Crippen molar-refractivity contribution in [2.75, 3.05) is 24.1 Å². The van der Waals surface area contributed by atoms with Crippen LogP contribution in [0.25, 0.3) is 21.8 Å². The van der Waals surface area contributed by atoms with Crippen molar-refractivity contribution in [3.8, 4) is 21.8 Å². The number of sulfone groups is 1. The van der Waals surface area contributed by atoms with E-state index in [4.69, 9.17) is 4.98 Å². The molecular weight excluding hydrogens is 698 g/mol. The summed E-state index contributed by atoms with van der Waals surface area (Å²) in [7, 11) is -5.08. The topological polar surface area (TPSA) is 134 Å². The third-order valence-corrected chi connectivity index (χ3v) is 11.1. The minimum Gasteiger partial charge on any atom is -0.383 e. The summed E-state index contributed by atoms with van der Waals surface area (Å²) >= 11 is 1.26. The number of hydrogen-bond donors (Lipinski definition) is 2. The van der Waals surface area contributed by atoms with Gasteiger partial charge in [-0.3, -0.25) is 4.72 Å². The highest BCUT2D eigenvalue weighted by Crippen LogP contribution is 2.42. The Morgan fingerprint density at radius 3 is 2.14 bits per heavy atom. The van der Waals surface area contributed by atoms with Gasteiger partial charge in [-0.05, 0) is 54.6 Å². The number of sulfonamides is 1. The lowest BCUT2D eigenvalue weighted by molar-refractivity contribution is 0.521. The van der Waals surface area contributed by atoms with Gasteiger partial charge in [-0.2, -0.15) is 0 Å².